The van der Waals surface area contributed by atoms with Crippen LogP contribution in [-0.2, 0) is 0 Å². The van der Waals surface area contributed by atoms with E-state index < -0.39 is 0 Å². The smallest absolute Gasteiger partial charge is 0.236 e. The van der Waals surface area contributed by atoms with Gasteiger partial charge in [0.1, 0.15) is 4.83 Å². The molecule has 4 aromatic heterocycles. The predicted molar refractivity (Wildman–Crippen MR) is 189 cm³/mol. The molecule has 45 heavy (non-hydrogen) atoms. The predicted octanol–water partition coefficient (Wildman–Crippen LogP) is 10.7. The summed E-state index contributed by atoms with van der Waals surface area (Å²) >= 11 is 1.66. The summed E-state index contributed by atoms with van der Waals surface area (Å²) in [4.78, 5) is 11.7. The first-order chi connectivity index (χ1) is 22.3. The van der Waals surface area contributed by atoms with Crippen LogP contribution >= 0.6 is 11.3 Å². The molecule has 0 bridgehead atoms. The SMILES string of the molecule is c1ccc(-n2c3ccccc3c3cccc(-c4nc(-n5c6ccccc6c6c7ccccc7ccc65)nc5sccc45)c32)cc1. The van der Waals surface area contributed by atoms with Crippen LogP contribution in [0.15, 0.2) is 145 Å². The van der Waals surface area contributed by atoms with Gasteiger partial charge in [-0.3, -0.25) is 4.57 Å². The molecule has 0 spiro atoms. The van der Waals surface area contributed by atoms with Crippen LogP contribution in [0.1, 0.15) is 0 Å². The summed E-state index contributed by atoms with van der Waals surface area (Å²) in [6.45, 7) is 0. The molecule has 0 unspecified atom stereocenters. The minimum atomic E-state index is 0.681. The molecule has 0 fully saturated rings. The number of rotatable bonds is 3. The fourth-order valence-corrected chi connectivity index (χ4v) is 7.92. The van der Waals surface area contributed by atoms with Crippen molar-refractivity contribution in [2.24, 2.45) is 0 Å². The Labute approximate surface area is 262 Å². The minimum Gasteiger partial charge on any atom is -0.309 e. The van der Waals surface area contributed by atoms with Crippen molar-refractivity contribution in [2.45, 2.75) is 0 Å². The molecule has 6 aromatic carbocycles. The van der Waals surface area contributed by atoms with E-state index >= 15 is 0 Å². The molecule has 10 aromatic rings. The fourth-order valence-electron chi connectivity index (χ4n) is 7.16. The first-order valence-corrected chi connectivity index (χ1v) is 16.0. The van der Waals surface area contributed by atoms with Crippen molar-refractivity contribution < 1.29 is 0 Å². The summed E-state index contributed by atoms with van der Waals surface area (Å²) in [6, 6.07) is 49.7. The quantitative estimate of drug-likeness (QED) is 0.205. The highest BCUT2D eigenvalue weighted by Gasteiger charge is 2.22. The molecule has 0 aliphatic carbocycles. The molecule has 0 amide bonds. The van der Waals surface area contributed by atoms with Crippen LogP contribution in [0.5, 0.6) is 0 Å². The van der Waals surface area contributed by atoms with Crippen LogP contribution in [0.3, 0.4) is 0 Å². The Morgan fingerprint density at radius 3 is 2.04 bits per heavy atom. The number of fused-ring (bicyclic) bond motifs is 9. The van der Waals surface area contributed by atoms with Gasteiger partial charge in [-0.15, -0.1) is 11.3 Å². The van der Waals surface area contributed by atoms with E-state index in [-0.39, 0.29) is 0 Å². The lowest BCUT2D eigenvalue weighted by atomic mass is 10.0. The van der Waals surface area contributed by atoms with Crippen molar-refractivity contribution in [1.82, 2.24) is 19.1 Å². The first kappa shape index (κ1) is 24.6. The lowest BCUT2D eigenvalue weighted by molar-refractivity contribution is 1.02. The van der Waals surface area contributed by atoms with Crippen molar-refractivity contribution in [3.8, 4) is 22.9 Å². The average molecular weight is 593 g/mol. The summed E-state index contributed by atoms with van der Waals surface area (Å²) in [5.74, 6) is 0.681. The zero-order valence-electron chi connectivity index (χ0n) is 24.1. The van der Waals surface area contributed by atoms with Gasteiger partial charge in [-0.1, -0.05) is 103 Å². The van der Waals surface area contributed by atoms with E-state index in [0.29, 0.717) is 5.95 Å². The molecule has 10 rings (SSSR count). The minimum absolute atomic E-state index is 0.681. The van der Waals surface area contributed by atoms with Crippen molar-refractivity contribution in [1.29, 1.82) is 0 Å². The molecule has 5 heteroatoms. The maximum atomic E-state index is 5.47. The Balaban J connectivity index is 1.34. The van der Waals surface area contributed by atoms with Crippen molar-refractivity contribution in [2.75, 3.05) is 0 Å². The molecule has 0 radical (unpaired) electrons. The highest BCUT2D eigenvalue weighted by atomic mass is 32.1. The average Bonchev–Trinajstić information content (AvgIpc) is 3.81. The zero-order valence-corrected chi connectivity index (χ0v) is 24.9. The number of aromatic nitrogens is 4. The second-order valence-electron chi connectivity index (χ2n) is 11.4. The monoisotopic (exact) mass is 592 g/mol. The molecule has 0 aliphatic rings. The van der Waals surface area contributed by atoms with E-state index in [9.17, 15) is 0 Å². The Kier molecular flexibility index (Phi) is 5.12. The van der Waals surface area contributed by atoms with Crippen LogP contribution in [0.2, 0.25) is 0 Å². The molecule has 210 valence electrons. The molecular formula is C40H24N4S. The Bertz CT molecular complexity index is 2770. The summed E-state index contributed by atoms with van der Waals surface area (Å²) in [5.41, 5.74) is 7.68. The number of hydrogen-bond donors (Lipinski definition) is 0. The van der Waals surface area contributed by atoms with Crippen LogP contribution in [0.4, 0.5) is 0 Å². The van der Waals surface area contributed by atoms with Gasteiger partial charge in [0.25, 0.3) is 0 Å². The second-order valence-corrected chi connectivity index (χ2v) is 12.3. The van der Waals surface area contributed by atoms with Crippen LogP contribution in [0, 0.1) is 0 Å². The van der Waals surface area contributed by atoms with Gasteiger partial charge >= 0.3 is 0 Å². The third kappa shape index (κ3) is 3.47. The molecule has 0 saturated carbocycles. The normalized spacial score (nSPS) is 12.0. The second kappa shape index (κ2) is 9.36. The summed E-state index contributed by atoms with van der Waals surface area (Å²) < 4.78 is 4.62. The lowest BCUT2D eigenvalue weighted by Crippen LogP contribution is -2.03. The summed E-state index contributed by atoms with van der Waals surface area (Å²) in [7, 11) is 0. The third-order valence-corrected chi connectivity index (χ3v) is 9.85. The van der Waals surface area contributed by atoms with Crippen LogP contribution in [0.25, 0.3) is 87.5 Å². The highest BCUT2D eigenvalue weighted by molar-refractivity contribution is 7.16. The van der Waals surface area contributed by atoms with Gasteiger partial charge in [0.15, 0.2) is 0 Å². The maximum Gasteiger partial charge on any atom is 0.236 e. The first-order valence-electron chi connectivity index (χ1n) is 15.1. The van der Waals surface area contributed by atoms with E-state index in [4.69, 9.17) is 9.97 Å². The largest absolute Gasteiger partial charge is 0.309 e. The maximum absolute atomic E-state index is 5.47. The molecule has 0 aliphatic heterocycles. The van der Waals surface area contributed by atoms with E-state index in [1.54, 1.807) is 11.3 Å². The van der Waals surface area contributed by atoms with Crippen molar-refractivity contribution >= 4 is 75.9 Å². The van der Waals surface area contributed by atoms with E-state index in [0.717, 1.165) is 43.7 Å². The Hall–Kier alpha value is -5.78. The van der Waals surface area contributed by atoms with Crippen LogP contribution < -0.4 is 0 Å². The van der Waals surface area contributed by atoms with Gasteiger partial charge in [0.2, 0.25) is 5.95 Å². The third-order valence-electron chi connectivity index (χ3n) is 9.04. The molecule has 4 heterocycles. The van der Waals surface area contributed by atoms with E-state index in [1.165, 1.54) is 37.8 Å². The summed E-state index contributed by atoms with van der Waals surface area (Å²) in [6.07, 6.45) is 0. The number of para-hydroxylation sites is 4. The topological polar surface area (TPSA) is 35.6 Å². The van der Waals surface area contributed by atoms with E-state index in [1.807, 2.05) is 0 Å². The fraction of sp³-hybridized carbons (Fsp3) is 0. The molecule has 0 saturated heterocycles. The number of nitrogens with zero attached hydrogens (tertiary/aromatic N) is 4. The molecule has 4 nitrogen and oxygen atoms in total. The standard InChI is InChI=1S/C40H24N4S/c1-2-12-26(13-3-1)43-33-19-8-6-15-28(33)29-17-10-18-31(38(29)43)37-32-23-24-45-39(32)42-40(41-37)44-34-20-9-7-16-30(34)36-27-14-5-4-11-25(27)21-22-35(36)44/h1-24H. The van der Waals surface area contributed by atoms with Crippen molar-refractivity contribution in [3.05, 3.63) is 145 Å². The number of benzene rings is 6. The van der Waals surface area contributed by atoms with Crippen LogP contribution in [-0.4, -0.2) is 19.1 Å². The van der Waals surface area contributed by atoms with Gasteiger partial charge in [-0.05, 0) is 52.6 Å². The van der Waals surface area contributed by atoms with Gasteiger partial charge in [-0.2, -0.15) is 0 Å². The molecule has 0 N–H and O–H groups in total. The van der Waals surface area contributed by atoms with Gasteiger partial charge in [-0.25, -0.2) is 9.97 Å². The Morgan fingerprint density at radius 1 is 0.467 bits per heavy atom. The van der Waals surface area contributed by atoms with Crippen molar-refractivity contribution in [3.63, 3.8) is 0 Å². The Morgan fingerprint density at radius 2 is 1.18 bits per heavy atom. The summed E-state index contributed by atoms with van der Waals surface area (Å²) in [5, 5.41) is 10.5. The molecule has 0 atom stereocenters. The van der Waals surface area contributed by atoms with E-state index in [2.05, 4.69) is 154 Å². The molecular weight excluding hydrogens is 569 g/mol. The number of thiophene rings is 1. The van der Waals surface area contributed by atoms with Gasteiger partial charge in [0, 0.05) is 38.2 Å². The number of hydrogen-bond acceptors (Lipinski definition) is 3. The lowest BCUT2D eigenvalue weighted by Gasteiger charge is -2.13. The highest BCUT2D eigenvalue weighted by Crippen LogP contribution is 2.41. The van der Waals surface area contributed by atoms with Gasteiger partial charge < -0.3 is 4.57 Å². The zero-order chi connectivity index (χ0) is 29.5. The van der Waals surface area contributed by atoms with Gasteiger partial charge in [0.05, 0.1) is 27.8 Å².